The minimum Gasteiger partial charge on any atom is -0.482 e. The number of pyridine rings is 1. The Morgan fingerprint density at radius 2 is 1.40 bits per heavy atom. The summed E-state index contributed by atoms with van der Waals surface area (Å²) >= 11 is 0. The molecule has 1 aliphatic rings. The van der Waals surface area contributed by atoms with E-state index in [4.69, 9.17) is 13.9 Å². The van der Waals surface area contributed by atoms with Crippen LogP contribution in [0.25, 0.3) is 0 Å². The Morgan fingerprint density at radius 1 is 0.791 bits per heavy atom. The van der Waals surface area contributed by atoms with Gasteiger partial charge >= 0.3 is 0 Å². The molecule has 43 heavy (non-hydrogen) atoms. The minimum atomic E-state index is -2.64. The maximum Gasteiger partial charge on any atom is 0.277 e. The van der Waals surface area contributed by atoms with E-state index in [9.17, 15) is 9.59 Å². The number of nitrogens with zero attached hydrogens (tertiary/aromatic N) is 2. The largest absolute Gasteiger partial charge is 0.482 e. The third kappa shape index (κ3) is 6.59. The highest BCUT2D eigenvalue weighted by atomic mass is 28.4. The third-order valence-corrected chi connectivity index (χ3v) is 12.7. The van der Waals surface area contributed by atoms with Crippen molar-refractivity contribution in [3.63, 3.8) is 0 Å². The first-order chi connectivity index (χ1) is 20.8. The van der Waals surface area contributed by atoms with Crippen molar-refractivity contribution in [2.45, 2.75) is 32.4 Å². The average Bonchev–Trinajstić information content (AvgIpc) is 3.02. The van der Waals surface area contributed by atoms with Crippen LogP contribution in [-0.2, 0) is 15.8 Å². The fraction of sp³-hybridized carbons (Fsp3) is 0.294. The first-order valence-electron chi connectivity index (χ1n) is 14.6. The fourth-order valence-corrected chi connectivity index (χ4v) is 10.1. The lowest BCUT2D eigenvalue weighted by Gasteiger charge is -2.43. The van der Waals surface area contributed by atoms with Crippen LogP contribution in [0.2, 0.25) is 5.04 Å². The SMILES string of the molecule is CC(C)(C)[Si](OCCOCCN1CNn2ccc(=O)c(OCc3ccccc3)c2C1=O)(c1ccccc1)c1ccccc1. The number of carbonyl (C=O) groups is 1. The van der Waals surface area contributed by atoms with Crippen molar-refractivity contribution in [2.75, 3.05) is 38.5 Å². The number of hydrogen-bond acceptors (Lipinski definition) is 6. The van der Waals surface area contributed by atoms with Crippen molar-refractivity contribution in [3.8, 4) is 5.75 Å². The van der Waals surface area contributed by atoms with Crippen LogP contribution in [0.3, 0.4) is 0 Å². The second kappa shape index (κ2) is 13.4. The summed E-state index contributed by atoms with van der Waals surface area (Å²) in [6, 6.07) is 31.9. The van der Waals surface area contributed by atoms with Gasteiger partial charge in [-0.3, -0.25) is 14.3 Å². The molecule has 1 aliphatic heterocycles. The van der Waals surface area contributed by atoms with E-state index in [2.05, 4.69) is 74.7 Å². The Bertz CT molecular complexity index is 1520. The van der Waals surface area contributed by atoms with Crippen molar-refractivity contribution in [1.82, 2.24) is 9.58 Å². The van der Waals surface area contributed by atoms with Gasteiger partial charge < -0.3 is 24.2 Å². The van der Waals surface area contributed by atoms with Crippen LogP contribution in [0.5, 0.6) is 5.75 Å². The molecular formula is C34H39N3O5Si. The number of carbonyl (C=O) groups excluding carboxylic acids is 1. The number of rotatable bonds is 12. The maximum atomic E-state index is 13.4. The van der Waals surface area contributed by atoms with E-state index in [0.717, 1.165) is 5.56 Å². The molecule has 9 heteroatoms. The lowest BCUT2D eigenvalue weighted by molar-refractivity contribution is 0.0553. The van der Waals surface area contributed by atoms with Crippen LogP contribution in [0.4, 0.5) is 0 Å². The van der Waals surface area contributed by atoms with Crippen molar-refractivity contribution in [2.24, 2.45) is 0 Å². The van der Waals surface area contributed by atoms with Crippen molar-refractivity contribution >= 4 is 24.6 Å². The molecule has 0 atom stereocenters. The van der Waals surface area contributed by atoms with Gasteiger partial charge in [0.05, 0.1) is 19.8 Å². The highest BCUT2D eigenvalue weighted by Crippen LogP contribution is 2.36. The summed E-state index contributed by atoms with van der Waals surface area (Å²) in [6.45, 7) is 8.71. The van der Waals surface area contributed by atoms with Gasteiger partial charge in [0.25, 0.3) is 14.2 Å². The zero-order valence-electron chi connectivity index (χ0n) is 25.0. The number of amides is 1. The third-order valence-electron chi connectivity index (χ3n) is 7.67. The number of fused-ring (bicyclic) bond motifs is 1. The van der Waals surface area contributed by atoms with Crippen LogP contribution in [0.1, 0.15) is 36.8 Å². The van der Waals surface area contributed by atoms with Gasteiger partial charge in [0.1, 0.15) is 13.3 Å². The molecule has 4 aromatic rings. The van der Waals surface area contributed by atoms with Gasteiger partial charge in [-0.25, -0.2) is 0 Å². The van der Waals surface area contributed by atoms with Crippen LogP contribution in [-0.4, -0.2) is 56.8 Å². The Kier molecular flexibility index (Phi) is 9.45. The molecule has 2 heterocycles. The molecule has 8 nitrogen and oxygen atoms in total. The van der Waals surface area contributed by atoms with E-state index in [0.29, 0.717) is 26.4 Å². The van der Waals surface area contributed by atoms with Gasteiger partial charge in [0.2, 0.25) is 5.43 Å². The van der Waals surface area contributed by atoms with E-state index in [1.54, 1.807) is 15.8 Å². The molecule has 3 aromatic carbocycles. The second-order valence-corrected chi connectivity index (χ2v) is 15.8. The summed E-state index contributed by atoms with van der Waals surface area (Å²) in [4.78, 5) is 27.7. The summed E-state index contributed by atoms with van der Waals surface area (Å²) in [6.07, 6.45) is 1.56. The molecule has 0 saturated carbocycles. The highest BCUT2D eigenvalue weighted by Gasteiger charge is 2.50. The molecule has 0 radical (unpaired) electrons. The van der Waals surface area contributed by atoms with E-state index >= 15 is 0 Å². The summed E-state index contributed by atoms with van der Waals surface area (Å²) in [5, 5.41) is 2.32. The molecule has 0 aliphatic carbocycles. The summed E-state index contributed by atoms with van der Waals surface area (Å²) in [5.41, 5.74) is 3.92. The quantitative estimate of drug-likeness (QED) is 0.197. The van der Waals surface area contributed by atoms with E-state index in [1.807, 2.05) is 42.5 Å². The van der Waals surface area contributed by atoms with Crippen LogP contribution in [0.15, 0.2) is 108 Å². The minimum absolute atomic E-state index is 0.0353. The molecule has 0 spiro atoms. The molecule has 0 saturated heterocycles. The summed E-state index contributed by atoms with van der Waals surface area (Å²) in [7, 11) is -2.64. The van der Waals surface area contributed by atoms with Gasteiger partial charge in [0, 0.05) is 18.8 Å². The maximum absolute atomic E-state index is 13.4. The number of aromatic nitrogens is 1. The Morgan fingerprint density at radius 3 is 2.00 bits per heavy atom. The van der Waals surface area contributed by atoms with Gasteiger partial charge in [-0.15, -0.1) is 0 Å². The molecule has 1 aromatic heterocycles. The lowest BCUT2D eigenvalue weighted by Crippen LogP contribution is -2.66. The van der Waals surface area contributed by atoms with E-state index < -0.39 is 8.32 Å². The number of ether oxygens (including phenoxy) is 2. The summed E-state index contributed by atoms with van der Waals surface area (Å²) < 4.78 is 20.3. The molecule has 1 amide bonds. The second-order valence-electron chi connectivity index (χ2n) is 11.5. The zero-order valence-corrected chi connectivity index (χ0v) is 26.0. The zero-order chi connectivity index (χ0) is 30.3. The Labute approximate surface area is 253 Å². The molecule has 5 rings (SSSR count). The van der Waals surface area contributed by atoms with Crippen LogP contribution < -0.4 is 26.0 Å². The molecule has 224 valence electrons. The van der Waals surface area contributed by atoms with Crippen LogP contribution in [0, 0.1) is 0 Å². The highest BCUT2D eigenvalue weighted by molar-refractivity contribution is 6.99. The summed E-state index contributed by atoms with van der Waals surface area (Å²) in [5.74, 6) is -0.250. The Balaban J connectivity index is 1.21. The van der Waals surface area contributed by atoms with Gasteiger partial charge in [-0.2, -0.15) is 0 Å². The first kappa shape index (κ1) is 30.3. The van der Waals surface area contributed by atoms with Crippen molar-refractivity contribution in [3.05, 3.63) is 125 Å². The smallest absolute Gasteiger partial charge is 0.277 e. The molecule has 0 fully saturated rings. The predicted octanol–water partition coefficient (Wildman–Crippen LogP) is 3.98. The van der Waals surface area contributed by atoms with Crippen LogP contribution >= 0.6 is 0 Å². The standard InChI is InChI=1S/C34H39N3O5Si/c1-34(2,3)43(28-15-9-5-10-16-28,29-17-11-6-12-18-29)42-24-23-40-22-21-36-26-35-37-20-19-30(38)32(31(37)33(36)39)41-25-27-13-7-4-8-14-27/h4-20,35H,21-26H2,1-3H3. The topological polar surface area (TPSA) is 82.0 Å². The predicted molar refractivity (Wildman–Crippen MR) is 171 cm³/mol. The average molecular weight is 598 g/mol. The monoisotopic (exact) mass is 597 g/mol. The lowest BCUT2D eigenvalue weighted by atomic mass is 10.2. The van der Waals surface area contributed by atoms with E-state index in [-0.39, 0.29) is 41.1 Å². The fourth-order valence-electron chi connectivity index (χ4n) is 5.58. The first-order valence-corrected chi connectivity index (χ1v) is 16.5. The molecule has 0 unspecified atom stereocenters. The Hall–Kier alpha value is -4.18. The van der Waals surface area contributed by atoms with Gasteiger partial charge in [-0.1, -0.05) is 112 Å². The van der Waals surface area contributed by atoms with E-state index in [1.165, 1.54) is 16.4 Å². The number of benzene rings is 3. The molecular weight excluding hydrogens is 558 g/mol. The van der Waals surface area contributed by atoms with Gasteiger partial charge in [0.15, 0.2) is 11.4 Å². The number of nitrogens with one attached hydrogen (secondary N) is 1. The van der Waals surface area contributed by atoms with Crippen molar-refractivity contribution < 1.29 is 18.7 Å². The normalized spacial score (nSPS) is 13.4. The molecule has 0 bridgehead atoms. The van der Waals surface area contributed by atoms with Crippen molar-refractivity contribution in [1.29, 1.82) is 0 Å². The number of hydrogen-bond donors (Lipinski definition) is 1. The van der Waals surface area contributed by atoms with Gasteiger partial charge in [-0.05, 0) is 21.0 Å². The molecule has 1 N–H and O–H groups in total.